The van der Waals surface area contributed by atoms with E-state index in [0.29, 0.717) is 17.6 Å². The molecule has 1 aliphatic rings. The molecule has 0 N–H and O–H groups in total. The predicted octanol–water partition coefficient (Wildman–Crippen LogP) is 13.2. The lowest BCUT2D eigenvalue weighted by Crippen LogP contribution is -2.15. The van der Waals surface area contributed by atoms with Crippen molar-refractivity contribution in [1.82, 2.24) is 19.5 Å². The third kappa shape index (κ3) is 5.70. The van der Waals surface area contributed by atoms with Gasteiger partial charge in [0.15, 0.2) is 23.1 Å². The van der Waals surface area contributed by atoms with Crippen molar-refractivity contribution in [2.45, 2.75) is 0 Å². The van der Waals surface area contributed by atoms with Crippen LogP contribution in [0.25, 0.3) is 72.8 Å². The standard InChI is InChI=1S/C51H33N5O/c1-4-14-34(15-5-1)35-24-26-37(27-25-35)50-52-49(36-16-6-2-7-17-36)53-51(54-50)56-43-21-11-10-20-41(43)42-32-38(28-30-44(42)56)39-29-31-46-48(33-39)57-47-23-13-12-22-45(47)55(46)40-18-8-3-9-19-40/h1-33H. The topological polar surface area (TPSA) is 56.1 Å². The highest BCUT2D eigenvalue weighted by atomic mass is 16.5. The quantitative estimate of drug-likeness (QED) is 0.170. The summed E-state index contributed by atoms with van der Waals surface area (Å²) in [7, 11) is 0. The highest BCUT2D eigenvalue weighted by Gasteiger charge is 2.26. The molecule has 1 aliphatic heterocycles. The summed E-state index contributed by atoms with van der Waals surface area (Å²) in [6, 6.07) is 69.1. The molecular weight excluding hydrogens is 699 g/mol. The summed E-state index contributed by atoms with van der Waals surface area (Å²) < 4.78 is 8.73. The Kier molecular flexibility index (Phi) is 7.71. The molecule has 10 aromatic rings. The molecule has 0 bridgehead atoms. The Morgan fingerprint density at radius 3 is 1.65 bits per heavy atom. The van der Waals surface area contributed by atoms with Gasteiger partial charge in [-0.1, -0.05) is 146 Å². The van der Waals surface area contributed by atoms with Crippen molar-refractivity contribution in [1.29, 1.82) is 0 Å². The van der Waals surface area contributed by atoms with Crippen LogP contribution >= 0.6 is 0 Å². The van der Waals surface area contributed by atoms with Gasteiger partial charge in [0.2, 0.25) is 5.95 Å². The zero-order valence-corrected chi connectivity index (χ0v) is 30.7. The van der Waals surface area contributed by atoms with Crippen LogP contribution in [0.5, 0.6) is 11.5 Å². The Hall–Kier alpha value is -7.83. The first-order valence-electron chi connectivity index (χ1n) is 19.0. The van der Waals surface area contributed by atoms with Crippen molar-refractivity contribution in [2.75, 3.05) is 4.90 Å². The Balaban J connectivity index is 1.04. The number of hydrogen-bond acceptors (Lipinski definition) is 5. The summed E-state index contributed by atoms with van der Waals surface area (Å²) in [5.41, 5.74) is 11.4. The van der Waals surface area contributed by atoms with Crippen LogP contribution in [0.4, 0.5) is 17.1 Å². The van der Waals surface area contributed by atoms with Gasteiger partial charge in [0.1, 0.15) is 0 Å². The number of hydrogen-bond donors (Lipinski definition) is 0. The Morgan fingerprint density at radius 1 is 0.351 bits per heavy atom. The lowest BCUT2D eigenvalue weighted by molar-refractivity contribution is 0.477. The third-order valence-corrected chi connectivity index (χ3v) is 10.7. The van der Waals surface area contributed by atoms with Crippen molar-refractivity contribution >= 4 is 38.9 Å². The number of benzene rings is 8. The van der Waals surface area contributed by atoms with Gasteiger partial charge in [0.25, 0.3) is 0 Å². The maximum atomic E-state index is 6.57. The fourth-order valence-electron chi connectivity index (χ4n) is 7.91. The van der Waals surface area contributed by atoms with Crippen LogP contribution in [0.2, 0.25) is 0 Å². The van der Waals surface area contributed by atoms with E-state index in [9.17, 15) is 0 Å². The van der Waals surface area contributed by atoms with E-state index in [-0.39, 0.29) is 0 Å². The van der Waals surface area contributed by atoms with Crippen LogP contribution in [-0.2, 0) is 0 Å². The molecule has 57 heavy (non-hydrogen) atoms. The molecule has 0 saturated carbocycles. The number of anilines is 3. The molecule has 0 aliphatic carbocycles. The van der Waals surface area contributed by atoms with E-state index in [0.717, 1.165) is 83.7 Å². The number of rotatable bonds is 6. The summed E-state index contributed by atoms with van der Waals surface area (Å²) in [5.74, 6) is 3.42. The molecule has 11 rings (SSSR count). The molecule has 0 fully saturated rings. The SMILES string of the molecule is c1ccc(-c2ccc(-c3nc(-c4ccccc4)nc(-n4c5ccccc5c5cc(-c6ccc7c(c6)Oc6ccccc6N7c6ccccc6)ccc54)n3)cc2)cc1. The molecule has 6 nitrogen and oxygen atoms in total. The van der Waals surface area contributed by atoms with E-state index in [1.54, 1.807) is 0 Å². The average Bonchev–Trinajstić information content (AvgIpc) is 3.62. The van der Waals surface area contributed by atoms with Gasteiger partial charge >= 0.3 is 0 Å². The summed E-state index contributed by atoms with van der Waals surface area (Å²) in [6.45, 7) is 0. The van der Waals surface area contributed by atoms with Crippen molar-refractivity contribution in [3.05, 3.63) is 200 Å². The second-order valence-corrected chi connectivity index (χ2v) is 14.1. The van der Waals surface area contributed by atoms with Crippen molar-refractivity contribution < 1.29 is 4.74 Å². The smallest absolute Gasteiger partial charge is 0.238 e. The molecule has 8 aromatic carbocycles. The van der Waals surface area contributed by atoms with Crippen LogP contribution in [0, 0.1) is 0 Å². The van der Waals surface area contributed by atoms with E-state index in [1.807, 2.05) is 60.7 Å². The summed E-state index contributed by atoms with van der Waals surface area (Å²) in [5, 5.41) is 2.22. The summed E-state index contributed by atoms with van der Waals surface area (Å²) >= 11 is 0. The molecule has 3 heterocycles. The molecule has 6 heteroatoms. The molecule has 0 amide bonds. The van der Waals surface area contributed by atoms with E-state index >= 15 is 0 Å². The van der Waals surface area contributed by atoms with Gasteiger partial charge < -0.3 is 9.64 Å². The fraction of sp³-hybridized carbons (Fsp3) is 0. The first-order valence-corrected chi connectivity index (χ1v) is 19.0. The van der Waals surface area contributed by atoms with Gasteiger partial charge in [-0.05, 0) is 76.9 Å². The number of fused-ring (bicyclic) bond motifs is 5. The number of para-hydroxylation sites is 4. The maximum absolute atomic E-state index is 6.57. The maximum Gasteiger partial charge on any atom is 0.238 e. The average molecular weight is 732 g/mol. The van der Waals surface area contributed by atoms with Crippen molar-refractivity contribution in [3.8, 4) is 62.5 Å². The third-order valence-electron chi connectivity index (χ3n) is 10.7. The second kappa shape index (κ2) is 13.5. The number of nitrogens with zero attached hydrogens (tertiary/aromatic N) is 5. The zero-order valence-electron chi connectivity index (χ0n) is 30.7. The van der Waals surface area contributed by atoms with Gasteiger partial charge in [-0.3, -0.25) is 4.57 Å². The van der Waals surface area contributed by atoms with E-state index in [1.165, 1.54) is 0 Å². The normalized spacial score (nSPS) is 12.0. The number of ether oxygens (including phenoxy) is 1. The molecular formula is C51H33N5O. The van der Waals surface area contributed by atoms with Crippen molar-refractivity contribution in [3.63, 3.8) is 0 Å². The van der Waals surface area contributed by atoms with Gasteiger partial charge in [-0.25, -0.2) is 4.98 Å². The van der Waals surface area contributed by atoms with Crippen molar-refractivity contribution in [2.24, 2.45) is 0 Å². The fourth-order valence-corrected chi connectivity index (χ4v) is 7.91. The van der Waals surface area contributed by atoms with Crippen LogP contribution in [0.3, 0.4) is 0 Å². The Bertz CT molecular complexity index is 3090. The molecule has 2 aromatic heterocycles. The number of aromatic nitrogens is 4. The van der Waals surface area contributed by atoms with Gasteiger partial charge in [-0.15, -0.1) is 0 Å². The largest absolute Gasteiger partial charge is 0.453 e. The summed E-state index contributed by atoms with van der Waals surface area (Å²) in [4.78, 5) is 17.6. The predicted molar refractivity (Wildman–Crippen MR) is 231 cm³/mol. The molecule has 268 valence electrons. The monoisotopic (exact) mass is 731 g/mol. The summed E-state index contributed by atoms with van der Waals surface area (Å²) in [6.07, 6.45) is 0. The molecule has 0 radical (unpaired) electrons. The Labute approximate surface area is 329 Å². The minimum absolute atomic E-state index is 0.562. The lowest BCUT2D eigenvalue weighted by atomic mass is 10.0. The van der Waals surface area contributed by atoms with Crippen LogP contribution < -0.4 is 9.64 Å². The van der Waals surface area contributed by atoms with Gasteiger partial charge in [0, 0.05) is 27.6 Å². The van der Waals surface area contributed by atoms with Gasteiger partial charge in [-0.2, -0.15) is 9.97 Å². The molecule has 0 spiro atoms. The molecule has 0 unspecified atom stereocenters. The van der Waals surface area contributed by atoms with Gasteiger partial charge in [0.05, 0.1) is 22.4 Å². The van der Waals surface area contributed by atoms with E-state index < -0.39 is 0 Å². The zero-order chi connectivity index (χ0) is 37.7. The second-order valence-electron chi connectivity index (χ2n) is 14.1. The van der Waals surface area contributed by atoms with E-state index in [2.05, 4.69) is 149 Å². The lowest BCUT2D eigenvalue weighted by Gasteiger charge is -2.33. The van der Waals surface area contributed by atoms with Crippen LogP contribution in [0.1, 0.15) is 0 Å². The van der Waals surface area contributed by atoms with E-state index in [4.69, 9.17) is 19.7 Å². The first kappa shape index (κ1) is 32.6. The van der Waals surface area contributed by atoms with Crippen LogP contribution in [-0.4, -0.2) is 19.5 Å². The minimum atomic E-state index is 0.562. The highest BCUT2D eigenvalue weighted by Crippen LogP contribution is 2.51. The minimum Gasteiger partial charge on any atom is -0.453 e. The highest BCUT2D eigenvalue weighted by molar-refractivity contribution is 6.10. The first-order chi connectivity index (χ1) is 28.2. The Morgan fingerprint density at radius 2 is 0.877 bits per heavy atom. The van der Waals surface area contributed by atoms with Crippen LogP contribution in [0.15, 0.2) is 200 Å². The molecule has 0 atom stereocenters. The molecule has 0 saturated heterocycles.